The van der Waals surface area contributed by atoms with Crippen LogP contribution in [0, 0.1) is 0 Å². The van der Waals surface area contributed by atoms with Gasteiger partial charge in [0.1, 0.15) is 17.2 Å². The molecule has 0 unspecified atom stereocenters. The van der Waals surface area contributed by atoms with E-state index in [1.807, 2.05) is 20.8 Å². The number of hydrogen-bond donors (Lipinski definition) is 3. The van der Waals surface area contributed by atoms with E-state index < -0.39 is 5.60 Å². The molecule has 43 heavy (non-hydrogen) atoms. The first kappa shape index (κ1) is 27.4. The lowest BCUT2D eigenvalue weighted by atomic mass is 9.98. The van der Waals surface area contributed by atoms with E-state index >= 15 is 0 Å². The molecular weight excluding hydrogens is 536 g/mol. The number of nitrogens with one attached hydrogen (secondary N) is 3. The van der Waals surface area contributed by atoms with Crippen LogP contribution in [0.2, 0.25) is 0 Å². The molecule has 1 fully saturated rings. The van der Waals surface area contributed by atoms with Crippen molar-refractivity contribution < 1.29 is 9.53 Å². The number of H-pyrrole nitrogens is 2. The van der Waals surface area contributed by atoms with Gasteiger partial charge in [-0.2, -0.15) is 0 Å². The smallest absolute Gasteiger partial charge is 0.410 e. The SMILES string of the molecule is CCCN(Cc1nc2c(ccc3cc(-c4ccc5c(ccc6[nH]c([C@@H]7CCCN7)nc65)c4)ccc32)[nH]1)C(=O)OC(C)(C)C. The highest BCUT2D eigenvalue weighted by molar-refractivity contribution is 6.07. The molecule has 0 bridgehead atoms. The van der Waals surface area contributed by atoms with Crippen LogP contribution in [-0.2, 0) is 11.3 Å². The van der Waals surface area contributed by atoms with E-state index in [4.69, 9.17) is 14.7 Å². The van der Waals surface area contributed by atoms with Gasteiger partial charge in [0.25, 0.3) is 0 Å². The number of imidazole rings is 2. The fourth-order valence-corrected chi connectivity index (χ4v) is 6.20. The number of rotatable bonds is 6. The largest absolute Gasteiger partial charge is 0.444 e. The van der Waals surface area contributed by atoms with E-state index in [0.717, 1.165) is 80.4 Å². The van der Waals surface area contributed by atoms with Crippen LogP contribution in [0.5, 0.6) is 0 Å². The highest BCUT2D eigenvalue weighted by Crippen LogP contribution is 2.33. The van der Waals surface area contributed by atoms with Gasteiger partial charge >= 0.3 is 6.09 Å². The normalized spacial score (nSPS) is 15.7. The van der Waals surface area contributed by atoms with E-state index in [2.05, 4.69) is 82.9 Å². The zero-order chi connectivity index (χ0) is 29.7. The van der Waals surface area contributed by atoms with Crippen molar-refractivity contribution in [3.05, 3.63) is 72.3 Å². The van der Waals surface area contributed by atoms with E-state index in [-0.39, 0.29) is 6.09 Å². The molecule has 8 nitrogen and oxygen atoms in total. The van der Waals surface area contributed by atoms with Crippen LogP contribution in [0.4, 0.5) is 4.79 Å². The first-order valence-electron chi connectivity index (χ1n) is 15.3. The summed E-state index contributed by atoms with van der Waals surface area (Å²) in [6.07, 6.45) is 2.83. The maximum Gasteiger partial charge on any atom is 0.410 e. The lowest BCUT2D eigenvalue weighted by Gasteiger charge is -2.26. The zero-order valence-electron chi connectivity index (χ0n) is 25.3. The van der Waals surface area contributed by atoms with Gasteiger partial charge in [-0.15, -0.1) is 0 Å². The lowest BCUT2D eigenvalue weighted by molar-refractivity contribution is 0.0229. The first-order chi connectivity index (χ1) is 20.8. The molecule has 0 radical (unpaired) electrons. The molecule has 6 aromatic rings. The molecule has 0 aliphatic carbocycles. The van der Waals surface area contributed by atoms with Gasteiger partial charge in [-0.1, -0.05) is 43.3 Å². The molecule has 220 valence electrons. The van der Waals surface area contributed by atoms with E-state index in [0.29, 0.717) is 19.1 Å². The minimum Gasteiger partial charge on any atom is -0.444 e. The number of fused-ring (bicyclic) bond motifs is 6. The summed E-state index contributed by atoms with van der Waals surface area (Å²) < 4.78 is 5.63. The van der Waals surface area contributed by atoms with Crippen molar-refractivity contribution in [1.29, 1.82) is 0 Å². The van der Waals surface area contributed by atoms with E-state index in [9.17, 15) is 4.79 Å². The Morgan fingerprint density at radius 1 is 0.907 bits per heavy atom. The van der Waals surface area contributed by atoms with Gasteiger partial charge in [-0.25, -0.2) is 14.8 Å². The average Bonchev–Trinajstić information content (AvgIpc) is 3.75. The molecule has 1 aliphatic rings. The number of amides is 1. The third-order valence-electron chi connectivity index (χ3n) is 8.21. The second-order valence-electron chi connectivity index (χ2n) is 12.7. The average molecular weight is 575 g/mol. The number of carbonyl (C=O) groups excluding carboxylic acids is 1. The summed E-state index contributed by atoms with van der Waals surface area (Å²) in [5.41, 5.74) is 5.76. The number of aromatic amines is 2. The molecule has 1 amide bonds. The highest BCUT2D eigenvalue weighted by Gasteiger charge is 2.23. The topological polar surface area (TPSA) is 98.9 Å². The summed E-state index contributed by atoms with van der Waals surface area (Å²) in [6, 6.07) is 22.0. The number of benzene rings is 4. The molecule has 2 aromatic heterocycles. The Balaban J connectivity index is 1.18. The van der Waals surface area contributed by atoms with Crippen LogP contribution in [0.25, 0.3) is 54.7 Å². The number of hydrogen-bond acceptors (Lipinski definition) is 5. The summed E-state index contributed by atoms with van der Waals surface area (Å²) >= 11 is 0. The predicted molar refractivity (Wildman–Crippen MR) is 173 cm³/mol. The molecule has 7 rings (SSSR count). The van der Waals surface area contributed by atoms with Gasteiger partial charge in [0.15, 0.2) is 0 Å². The fraction of sp³-hybridized carbons (Fsp3) is 0.343. The Morgan fingerprint density at radius 2 is 1.56 bits per heavy atom. The van der Waals surface area contributed by atoms with Crippen LogP contribution in [0.3, 0.4) is 0 Å². The highest BCUT2D eigenvalue weighted by atomic mass is 16.6. The monoisotopic (exact) mass is 574 g/mol. The third-order valence-corrected chi connectivity index (χ3v) is 8.21. The Morgan fingerprint density at radius 3 is 2.16 bits per heavy atom. The molecule has 3 heterocycles. The number of ether oxygens (including phenoxy) is 1. The summed E-state index contributed by atoms with van der Waals surface area (Å²) in [5, 5.41) is 8.09. The second-order valence-corrected chi connectivity index (χ2v) is 12.7. The molecule has 8 heteroatoms. The van der Waals surface area contributed by atoms with Crippen LogP contribution < -0.4 is 5.32 Å². The van der Waals surface area contributed by atoms with Crippen LogP contribution in [0.15, 0.2) is 60.7 Å². The maximum atomic E-state index is 12.8. The van der Waals surface area contributed by atoms with Crippen molar-refractivity contribution in [3.63, 3.8) is 0 Å². The van der Waals surface area contributed by atoms with Gasteiger partial charge in [0, 0.05) is 17.3 Å². The molecule has 0 spiro atoms. The van der Waals surface area contributed by atoms with Gasteiger partial charge in [-0.3, -0.25) is 0 Å². The number of nitrogens with zero attached hydrogens (tertiary/aromatic N) is 3. The third kappa shape index (κ3) is 5.31. The van der Waals surface area contributed by atoms with Crippen molar-refractivity contribution in [3.8, 4) is 11.1 Å². The summed E-state index contributed by atoms with van der Waals surface area (Å²) in [6.45, 7) is 9.74. The molecule has 3 N–H and O–H groups in total. The molecular formula is C35H38N6O2. The maximum absolute atomic E-state index is 12.8. The Kier molecular flexibility index (Phi) is 6.81. The fourth-order valence-electron chi connectivity index (χ4n) is 6.20. The van der Waals surface area contributed by atoms with Gasteiger partial charge in [0.2, 0.25) is 0 Å². The first-order valence-corrected chi connectivity index (χ1v) is 15.3. The second kappa shape index (κ2) is 10.7. The van der Waals surface area contributed by atoms with Gasteiger partial charge in [0.05, 0.1) is 34.7 Å². The quantitative estimate of drug-likeness (QED) is 0.187. The molecule has 1 aliphatic heterocycles. The predicted octanol–water partition coefficient (Wildman–Crippen LogP) is 7.98. The Bertz CT molecular complexity index is 1980. The summed E-state index contributed by atoms with van der Waals surface area (Å²) in [5.74, 6) is 1.78. The van der Waals surface area contributed by atoms with Gasteiger partial charge in [-0.05, 0) is 92.7 Å². The van der Waals surface area contributed by atoms with E-state index in [1.54, 1.807) is 4.90 Å². The van der Waals surface area contributed by atoms with E-state index in [1.165, 1.54) is 11.8 Å². The van der Waals surface area contributed by atoms with Crippen molar-refractivity contribution in [1.82, 2.24) is 30.2 Å². The minimum atomic E-state index is -0.544. The lowest BCUT2D eigenvalue weighted by Crippen LogP contribution is -2.37. The van der Waals surface area contributed by atoms with Crippen molar-refractivity contribution >= 4 is 49.7 Å². The Hall–Kier alpha value is -4.43. The van der Waals surface area contributed by atoms with Crippen LogP contribution in [0.1, 0.15) is 64.6 Å². The molecule has 1 saturated heterocycles. The van der Waals surface area contributed by atoms with Crippen LogP contribution >= 0.6 is 0 Å². The van der Waals surface area contributed by atoms with Crippen molar-refractivity contribution in [2.75, 3.05) is 13.1 Å². The minimum absolute atomic E-state index is 0.316. The molecule has 0 saturated carbocycles. The van der Waals surface area contributed by atoms with Crippen molar-refractivity contribution in [2.45, 2.75) is 65.1 Å². The van der Waals surface area contributed by atoms with Crippen LogP contribution in [-0.4, -0.2) is 49.6 Å². The van der Waals surface area contributed by atoms with Gasteiger partial charge < -0.3 is 24.9 Å². The standard InChI is InChI=1S/C35H38N6O2/c1-5-17-41(34(42)43-35(2,3)4)20-30-37-27-14-10-23-18-21(8-12-25(23)31(27)39-30)22-9-13-26-24(19-22)11-15-28-32(26)40-33(38-28)29-7-6-16-36-29/h8-15,18-19,29,36H,5-7,16-17,20H2,1-4H3,(H,37,39)(H,38,40)/t29-/m0/s1. The number of carbonyl (C=O) groups is 1. The molecule has 1 atom stereocenters. The Labute approximate surface area is 250 Å². The summed E-state index contributed by atoms with van der Waals surface area (Å²) in [7, 11) is 0. The zero-order valence-corrected chi connectivity index (χ0v) is 25.3. The number of aromatic nitrogens is 4. The molecule has 4 aromatic carbocycles. The van der Waals surface area contributed by atoms with Crippen molar-refractivity contribution in [2.24, 2.45) is 0 Å². The summed E-state index contributed by atoms with van der Waals surface area (Å²) in [4.78, 5) is 31.4.